The Morgan fingerprint density at radius 3 is 2.86 bits per heavy atom. The zero-order chi connectivity index (χ0) is 15.7. The largest absolute Gasteiger partial charge is 0.274 e. The number of nitrogens with one attached hydrogen (secondary N) is 1. The van der Waals surface area contributed by atoms with Gasteiger partial charge in [-0.3, -0.25) is 9.89 Å². The first kappa shape index (κ1) is 15.4. The number of aromatic amines is 1. The molecule has 0 fully saturated rings. The fourth-order valence-corrected chi connectivity index (χ4v) is 3.25. The fourth-order valence-electron chi connectivity index (χ4n) is 1.95. The van der Waals surface area contributed by atoms with Crippen molar-refractivity contribution < 1.29 is 0 Å². The maximum absolute atomic E-state index is 11.9. The minimum absolute atomic E-state index is 0.165. The first-order chi connectivity index (χ1) is 10.6. The summed E-state index contributed by atoms with van der Waals surface area (Å²) in [5, 5.41) is 4.83. The molecule has 0 aliphatic rings. The summed E-state index contributed by atoms with van der Waals surface area (Å²) in [6, 6.07) is 6.83. The standard InChI is InChI=1S/C14H12Cl2N4OS/c1-2-10-6-12(21)20-13(17-10)18-14(19-20)22-7-8-5-9(15)3-4-11(8)16/h3-6H,2,7H2,1H3,(H,17,18,19). The average molecular weight is 355 g/mol. The first-order valence-corrected chi connectivity index (χ1v) is 8.36. The van der Waals surface area contributed by atoms with E-state index < -0.39 is 0 Å². The molecule has 0 saturated carbocycles. The number of aryl methyl sites for hydroxylation is 1. The molecule has 0 spiro atoms. The van der Waals surface area contributed by atoms with Gasteiger partial charge in [0.2, 0.25) is 0 Å². The lowest BCUT2D eigenvalue weighted by atomic mass is 10.2. The number of fused-ring (bicyclic) bond motifs is 1. The lowest BCUT2D eigenvalue weighted by Gasteiger charge is -2.02. The summed E-state index contributed by atoms with van der Waals surface area (Å²) in [6.45, 7) is 1.95. The van der Waals surface area contributed by atoms with Gasteiger partial charge >= 0.3 is 0 Å². The van der Waals surface area contributed by atoms with Gasteiger partial charge in [-0.05, 0) is 30.2 Å². The number of nitrogens with zero attached hydrogens (tertiary/aromatic N) is 3. The highest BCUT2D eigenvalue weighted by molar-refractivity contribution is 7.98. The van der Waals surface area contributed by atoms with E-state index in [1.807, 2.05) is 13.0 Å². The molecule has 0 bridgehead atoms. The van der Waals surface area contributed by atoms with Crippen LogP contribution in [0.4, 0.5) is 0 Å². The number of hydrogen-bond donors (Lipinski definition) is 1. The Labute approximate surface area is 140 Å². The van der Waals surface area contributed by atoms with Crippen LogP contribution in [0.25, 0.3) is 5.78 Å². The predicted molar refractivity (Wildman–Crippen MR) is 89.0 cm³/mol. The molecular weight excluding hydrogens is 343 g/mol. The molecule has 2 heterocycles. The molecule has 0 atom stereocenters. The maximum atomic E-state index is 11.9. The number of thioether (sulfide) groups is 1. The van der Waals surface area contributed by atoms with Crippen molar-refractivity contribution in [3.05, 3.63) is 55.9 Å². The van der Waals surface area contributed by atoms with Crippen LogP contribution in [0, 0.1) is 0 Å². The Kier molecular flexibility index (Phi) is 4.42. The topological polar surface area (TPSA) is 63.0 Å². The quantitative estimate of drug-likeness (QED) is 0.727. The second-order valence-corrected chi connectivity index (χ2v) is 6.44. The van der Waals surface area contributed by atoms with Crippen LogP contribution in [0.2, 0.25) is 10.0 Å². The van der Waals surface area contributed by atoms with Gasteiger partial charge in [0, 0.05) is 27.6 Å². The van der Waals surface area contributed by atoms with E-state index in [9.17, 15) is 4.79 Å². The highest BCUT2D eigenvalue weighted by atomic mass is 35.5. The van der Waals surface area contributed by atoms with Crippen molar-refractivity contribution in [3.8, 4) is 0 Å². The number of rotatable bonds is 4. The zero-order valence-corrected chi connectivity index (χ0v) is 14.0. The summed E-state index contributed by atoms with van der Waals surface area (Å²) in [7, 11) is 0. The molecule has 5 nitrogen and oxygen atoms in total. The van der Waals surface area contributed by atoms with Crippen LogP contribution in [-0.4, -0.2) is 19.6 Å². The SMILES string of the molecule is CCc1cc(=O)n2[nH]c(SCc3cc(Cl)ccc3Cl)nc2n1. The van der Waals surface area contributed by atoms with Gasteiger partial charge in [0.25, 0.3) is 11.3 Å². The molecule has 114 valence electrons. The van der Waals surface area contributed by atoms with Gasteiger partial charge < -0.3 is 0 Å². The Hall–Kier alpha value is -1.50. The molecule has 0 radical (unpaired) electrons. The molecule has 1 aromatic carbocycles. The summed E-state index contributed by atoms with van der Waals surface area (Å²) in [6.07, 6.45) is 0.694. The minimum Gasteiger partial charge on any atom is -0.267 e. The van der Waals surface area contributed by atoms with Crippen LogP contribution in [0.3, 0.4) is 0 Å². The monoisotopic (exact) mass is 354 g/mol. The molecule has 2 aromatic heterocycles. The van der Waals surface area contributed by atoms with Crippen LogP contribution in [0.15, 0.2) is 34.2 Å². The third kappa shape index (κ3) is 3.14. The molecule has 0 amide bonds. The highest BCUT2D eigenvalue weighted by Crippen LogP contribution is 2.27. The van der Waals surface area contributed by atoms with E-state index in [4.69, 9.17) is 23.2 Å². The number of H-pyrrole nitrogens is 1. The summed E-state index contributed by atoms with van der Waals surface area (Å²) in [4.78, 5) is 20.6. The molecule has 8 heteroatoms. The number of halogens is 2. The summed E-state index contributed by atoms with van der Waals surface area (Å²) in [5.74, 6) is 0.971. The molecule has 0 unspecified atom stereocenters. The van der Waals surface area contributed by atoms with E-state index in [0.29, 0.717) is 33.2 Å². The van der Waals surface area contributed by atoms with Crippen molar-refractivity contribution in [1.82, 2.24) is 19.6 Å². The van der Waals surface area contributed by atoms with E-state index in [0.717, 1.165) is 11.3 Å². The highest BCUT2D eigenvalue weighted by Gasteiger charge is 2.09. The van der Waals surface area contributed by atoms with Crippen LogP contribution in [0.1, 0.15) is 18.2 Å². The smallest absolute Gasteiger partial charge is 0.267 e. The second kappa shape index (κ2) is 6.32. The number of hydrogen-bond acceptors (Lipinski definition) is 4. The van der Waals surface area contributed by atoms with Crippen LogP contribution < -0.4 is 5.56 Å². The molecule has 0 aliphatic heterocycles. The van der Waals surface area contributed by atoms with Gasteiger partial charge in [-0.15, -0.1) is 0 Å². The van der Waals surface area contributed by atoms with Crippen molar-refractivity contribution in [1.29, 1.82) is 0 Å². The normalized spacial score (nSPS) is 11.2. The van der Waals surface area contributed by atoms with Gasteiger partial charge in [-0.2, -0.15) is 9.50 Å². The van der Waals surface area contributed by atoms with Gasteiger partial charge in [-0.1, -0.05) is 41.9 Å². The van der Waals surface area contributed by atoms with Crippen molar-refractivity contribution >= 4 is 40.7 Å². The van der Waals surface area contributed by atoms with E-state index in [-0.39, 0.29) is 5.56 Å². The molecule has 3 rings (SSSR count). The van der Waals surface area contributed by atoms with E-state index in [1.165, 1.54) is 22.3 Å². The minimum atomic E-state index is -0.165. The number of benzene rings is 1. The fraction of sp³-hybridized carbons (Fsp3) is 0.214. The van der Waals surface area contributed by atoms with Gasteiger partial charge in [-0.25, -0.2) is 4.98 Å². The van der Waals surface area contributed by atoms with Crippen LogP contribution >= 0.6 is 35.0 Å². The Balaban J connectivity index is 1.87. The summed E-state index contributed by atoms with van der Waals surface area (Å²) < 4.78 is 1.33. The van der Waals surface area contributed by atoms with Gasteiger partial charge in [0.05, 0.1) is 0 Å². The van der Waals surface area contributed by atoms with Crippen molar-refractivity contribution in [2.75, 3.05) is 0 Å². The van der Waals surface area contributed by atoms with Gasteiger partial charge in [0.15, 0.2) is 5.16 Å². The predicted octanol–water partition coefficient (Wildman–Crippen LogP) is 3.58. The Morgan fingerprint density at radius 1 is 1.27 bits per heavy atom. The lowest BCUT2D eigenvalue weighted by Crippen LogP contribution is -2.15. The first-order valence-electron chi connectivity index (χ1n) is 6.62. The zero-order valence-electron chi connectivity index (χ0n) is 11.6. The third-order valence-corrected chi connectivity index (χ3v) is 4.61. The molecular formula is C14H12Cl2N4OS. The van der Waals surface area contributed by atoms with Crippen LogP contribution in [0.5, 0.6) is 0 Å². The van der Waals surface area contributed by atoms with Crippen molar-refractivity contribution in [2.45, 2.75) is 24.3 Å². The van der Waals surface area contributed by atoms with Crippen molar-refractivity contribution in [3.63, 3.8) is 0 Å². The van der Waals surface area contributed by atoms with E-state index in [2.05, 4.69) is 15.1 Å². The molecule has 1 N–H and O–H groups in total. The molecule has 3 aromatic rings. The average Bonchev–Trinajstić information content (AvgIpc) is 2.91. The molecule has 22 heavy (non-hydrogen) atoms. The lowest BCUT2D eigenvalue weighted by molar-refractivity contribution is 0.838. The Morgan fingerprint density at radius 2 is 2.09 bits per heavy atom. The molecule has 0 saturated heterocycles. The Bertz CT molecular complexity index is 890. The van der Waals surface area contributed by atoms with E-state index >= 15 is 0 Å². The summed E-state index contributed by atoms with van der Waals surface area (Å²) >= 11 is 13.5. The van der Waals surface area contributed by atoms with Gasteiger partial charge in [0.1, 0.15) is 0 Å². The molecule has 0 aliphatic carbocycles. The van der Waals surface area contributed by atoms with Crippen LogP contribution in [-0.2, 0) is 12.2 Å². The number of aromatic nitrogens is 4. The second-order valence-electron chi connectivity index (χ2n) is 4.63. The van der Waals surface area contributed by atoms with E-state index in [1.54, 1.807) is 12.1 Å². The van der Waals surface area contributed by atoms with Crippen molar-refractivity contribution in [2.24, 2.45) is 0 Å². The third-order valence-electron chi connectivity index (χ3n) is 3.10. The maximum Gasteiger partial charge on any atom is 0.274 e. The summed E-state index contributed by atoms with van der Waals surface area (Å²) in [5.41, 5.74) is 1.47.